The molecule has 1 aliphatic heterocycles. The molecule has 4 rings (SSSR count). The molecule has 1 unspecified atom stereocenters. The number of aromatic nitrogens is 4. The van der Waals surface area contributed by atoms with Gasteiger partial charge in [0.1, 0.15) is 0 Å². The summed E-state index contributed by atoms with van der Waals surface area (Å²) in [6, 6.07) is 9.91. The van der Waals surface area contributed by atoms with Crippen LogP contribution in [-0.4, -0.2) is 31.5 Å². The number of para-hydroxylation sites is 1. The maximum Gasteiger partial charge on any atom is 0.298 e. The topological polar surface area (TPSA) is 63.4 Å². The van der Waals surface area contributed by atoms with Crippen LogP contribution in [-0.2, 0) is 6.42 Å². The third kappa shape index (κ3) is 1.80. The molecule has 1 atom stereocenters. The smallest absolute Gasteiger partial charge is 0.298 e. The number of anilines is 1. The minimum Gasteiger partial charge on any atom is -0.302 e. The molecule has 110 valence electrons. The highest BCUT2D eigenvalue weighted by molar-refractivity contribution is 6.05. The molecule has 3 aromatic rings. The largest absolute Gasteiger partial charge is 0.302 e. The van der Waals surface area contributed by atoms with Crippen LogP contribution in [0.1, 0.15) is 28.8 Å². The Balaban J connectivity index is 1.79. The maximum atomic E-state index is 12.9. The first kappa shape index (κ1) is 12.9. The Morgan fingerprint density at radius 3 is 2.91 bits per heavy atom. The Morgan fingerprint density at radius 1 is 1.27 bits per heavy atom. The number of hydrogen-bond acceptors (Lipinski definition) is 4. The Hall–Kier alpha value is -2.76. The molecule has 0 N–H and O–H groups in total. The molecule has 1 aromatic carbocycles. The monoisotopic (exact) mass is 293 g/mol. The van der Waals surface area contributed by atoms with Crippen molar-refractivity contribution in [3.63, 3.8) is 0 Å². The van der Waals surface area contributed by atoms with Gasteiger partial charge in [0.25, 0.3) is 11.7 Å². The van der Waals surface area contributed by atoms with Crippen LogP contribution < -0.4 is 4.90 Å². The molecule has 0 saturated carbocycles. The van der Waals surface area contributed by atoms with E-state index in [9.17, 15) is 4.79 Å². The van der Waals surface area contributed by atoms with Gasteiger partial charge in [0, 0.05) is 23.6 Å². The molecule has 0 saturated heterocycles. The van der Waals surface area contributed by atoms with Gasteiger partial charge in [0.15, 0.2) is 0 Å². The lowest BCUT2D eigenvalue weighted by molar-refractivity contribution is 0.0971. The molecule has 3 heterocycles. The number of carbonyl (C=O) groups is 1. The standard InChI is InChI=1S/C16H15N5O/c1-10-7-8-17-16-18-14(19-21(10)16)15(22)20-11(2)9-12-5-3-4-6-13(12)20/h3-8,11H,9H2,1-2H3. The third-order valence-corrected chi connectivity index (χ3v) is 4.05. The molecule has 1 amide bonds. The molecule has 6 nitrogen and oxygen atoms in total. The van der Waals surface area contributed by atoms with Gasteiger partial charge >= 0.3 is 0 Å². The summed E-state index contributed by atoms with van der Waals surface area (Å²) in [5.74, 6) is 0.455. The molecular weight excluding hydrogens is 278 g/mol. The van der Waals surface area contributed by atoms with E-state index in [1.807, 2.05) is 38.1 Å². The lowest BCUT2D eigenvalue weighted by Crippen LogP contribution is -2.36. The van der Waals surface area contributed by atoms with Gasteiger partial charge < -0.3 is 4.90 Å². The van der Waals surface area contributed by atoms with Crippen LogP contribution in [0.2, 0.25) is 0 Å². The summed E-state index contributed by atoms with van der Waals surface area (Å²) >= 11 is 0. The lowest BCUT2D eigenvalue weighted by atomic mass is 10.1. The Morgan fingerprint density at radius 2 is 2.09 bits per heavy atom. The van der Waals surface area contributed by atoms with E-state index in [0.717, 1.165) is 17.8 Å². The van der Waals surface area contributed by atoms with Gasteiger partial charge in [-0.25, -0.2) is 9.50 Å². The summed E-state index contributed by atoms with van der Waals surface area (Å²) in [5.41, 5.74) is 3.02. The molecule has 0 aliphatic carbocycles. The van der Waals surface area contributed by atoms with E-state index in [4.69, 9.17) is 0 Å². The zero-order chi connectivity index (χ0) is 15.3. The quantitative estimate of drug-likeness (QED) is 0.688. The molecule has 1 aliphatic rings. The van der Waals surface area contributed by atoms with Crippen LogP contribution in [0, 0.1) is 6.92 Å². The van der Waals surface area contributed by atoms with Crippen molar-refractivity contribution < 1.29 is 4.79 Å². The van der Waals surface area contributed by atoms with Crippen LogP contribution in [0.25, 0.3) is 5.78 Å². The second kappa shape index (κ2) is 4.62. The van der Waals surface area contributed by atoms with Crippen LogP contribution in [0.4, 0.5) is 5.69 Å². The predicted molar refractivity (Wildman–Crippen MR) is 81.9 cm³/mol. The fraction of sp³-hybridized carbons (Fsp3) is 0.250. The highest BCUT2D eigenvalue weighted by Gasteiger charge is 2.33. The number of benzene rings is 1. The van der Waals surface area contributed by atoms with Crippen molar-refractivity contribution in [2.75, 3.05) is 4.90 Å². The second-order valence-electron chi connectivity index (χ2n) is 5.59. The van der Waals surface area contributed by atoms with Gasteiger partial charge in [-0.3, -0.25) is 4.79 Å². The molecular formula is C16H15N5O. The van der Waals surface area contributed by atoms with Gasteiger partial charge in [-0.05, 0) is 38.0 Å². The number of nitrogens with zero attached hydrogens (tertiary/aromatic N) is 5. The minimum absolute atomic E-state index is 0.102. The van der Waals surface area contributed by atoms with Crippen LogP contribution in [0.15, 0.2) is 36.5 Å². The molecule has 0 bridgehead atoms. The van der Waals surface area contributed by atoms with E-state index in [1.165, 1.54) is 5.56 Å². The van der Waals surface area contributed by atoms with Crippen molar-refractivity contribution in [3.05, 3.63) is 53.6 Å². The third-order valence-electron chi connectivity index (χ3n) is 4.05. The van der Waals surface area contributed by atoms with Crippen molar-refractivity contribution >= 4 is 17.4 Å². The SMILES string of the molecule is Cc1ccnc2nc(C(=O)N3c4ccccc4CC3C)nn12. The van der Waals surface area contributed by atoms with E-state index in [1.54, 1.807) is 15.6 Å². The zero-order valence-corrected chi connectivity index (χ0v) is 12.4. The summed E-state index contributed by atoms with van der Waals surface area (Å²) in [6.45, 7) is 3.95. The number of rotatable bonds is 1. The van der Waals surface area contributed by atoms with Crippen molar-refractivity contribution in [3.8, 4) is 0 Å². The van der Waals surface area contributed by atoms with E-state index in [2.05, 4.69) is 21.1 Å². The first-order chi connectivity index (χ1) is 10.6. The maximum absolute atomic E-state index is 12.9. The summed E-state index contributed by atoms with van der Waals surface area (Å²) < 4.78 is 1.60. The highest BCUT2D eigenvalue weighted by Crippen LogP contribution is 2.32. The van der Waals surface area contributed by atoms with Crippen molar-refractivity contribution in [2.45, 2.75) is 26.3 Å². The van der Waals surface area contributed by atoms with Crippen molar-refractivity contribution in [1.29, 1.82) is 0 Å². The fourth-order valence-corrected chi connectivity index (χ4v) is 2.98. The number of hydrogen-bond donors (Lipinski definition) is 0. The molecule has 22 heavy (non-hydrogen) atoms. The molecule has 2 aromatic heterocycles. The highest BCUT2D eigenvalue weighted by atomic mass is 16.2. The van der Waals surface area contributed by atoms with E-state index in [0.29, 0.717) is 5.78 Å². The summed E-state index contributed by atoms with van der Waals surface area (Å²) in [5, 5.41) is 4.32. The van der Waals surface area contributed by atoms with Crippen LogP contribution in [0.3, 0.4) is 0 Å². The molecule has 6 heteroatoms. The fourth-order valence-electron chi connectivity index (χ4n) is 2.98. The van der Waals surface area contributed by atoms with Crippen molar-refractivity contribution in [1.82, 2.24) is 19.6 Å². The van der Waals surface area contributed by atoms with Crippen molar-refractivity contribution in [2.24, 2.45) is 0 Å². The van der Waals surface area contributed by atoms with Gasteiger partial charge in [-0.2, -0.15) is 4.98 Å². The van der Waals surface area contributed by atoms with Gasteiger partial charge in [0.05, 0.1) is 0 Å². The van der Waals surface area contributed by atoms with Crippen LogP contribution in [0.5, 0.6) is 0 Å². The van der Waals surface area contributed by atoms with Gasteiger partial charge in [-0.1, -0.05) is 18.2 Å². The molecule has 0 fully saturated rings. The lowest BCUT2D eigenvalue weighted by Gasteiger charge is -2.20. The Labute approximate surface area is 127 Å². The van der Waals surface area contributed by atoms with Crippen LogP contribution >= 0.6 is 0 Å². The average Bonchev–Trinajstić information content (AvgIpc) is 3.07. The average molecular weight is 293 g/mol. The van der Waals surface area contributed by atoms with Gasteiger partial charge in [-0.15, -0.1) is 5.10 Å². The van der Waals surface area contributed by atoms with E-state index >= 15 is 0 Å². The number of amides is 1. The normalized spacial score (nSPS) is 17.0. The summed E-state index contributed by atoms with van der Waals surface area (Å²) in [7, 11) is 0. The predicted octanol–water partition coefficient (Wildman–Crippen LogP) is 2.02. The first-order valence-electron chi connectivity index (χ1n) is 7.25. The summed E-state index contributed by atoms with van der Waals surface area (Å²) in [4.78, 5) is 23.1. The Kier molecular flexibility index (Phi) is 2.72. The van der Waals surface area contributed by atoms with Gasteiger partial charge in [0.2, 0.25) is 5.82 Å². The first-order valence-corrected chi connectivity index (χ1v) is 7.25. The molecule has 0 radical (unpaired) electrons. The zero-order valence-electron chi connectivity index (χ0n) is 12.4. The Bertz CT molecular complexity index is 885. The number of fused-ring (bicyclic) bond motifs is 2. The van der Waals surface area contributed by atoms with E-state index in [-0.39, 0.29) is 17.8 Å². The van der Waals surface area contributed by atoms with E-state index < -0.39 is 0 Å². The molecule has 0 spiro atoms. The second-order valence-corrected chi connectivity index (χ2v) is 5.59. The number of carbonyl (C=O) groups excluding carboxylic acids is 1. The summed E-state index contributed by atoms with van der Waals surface area (Å²) in [6.07, 6.45) is 2.52. The number of aryl methyl sites for hydroxylation is 1. The minimum atomic E-state index is -0.178.